The Hall–Kier alpha value is -2.90. The van der Waals surface area contributed by atoms with Gasteiger partial charge in [0.05, 0.1) is 22.3 Å². The second-order valence-corrected chi connectivity index (χ2v) is 5.84. The Morgan fingerprint density at radius 1 is 1.28 bits per heavy atom. The van der Waals surface area contributed by atoms with Crippen molar-refractivity contribution in [2.24, 2.45) is 16.2 Å². The van der Waals surface area contributed by atoms with E-state index in [1.165, 1.54) is 12.1 Å². The van der Waals surface area contributed by atoms with Gasteiger partial charge in [-0.1, -0.05) is 18.2 Å². The first-order valence-electron chi connectivity index (χ1n) is 7.64. The van der Waals surface area contributed by atoms with E-state index in [1.807, 2.05) is 24.4 Å². The molecule has 5 nitrogen and oxygen atoms in total. The van der Waals surface area contributed by atoms with Gasteiger partial charge in [0.25, 0.3) is 0 Å². The van der Waals surface area contributed by atoms with Gasteiger partial charge in [-0.2, -0.15) is 13.2 Å². The smallest absolute Gasteiger partial charge is 0.366 e. The normalized spacial score (nSPS) is 19.8. The number of nitrogens with two attached hydrogens (primary N) is 2. The summed E-state index contributed by atoms with van der Waals surface area (Å²) in [5.74, 6) is 5.26. The molecule has 8 heteroatoms. The molecule has 1 aromatic rings. The van der Waals surface area contributed by atoms with E-state index >= 15 is 0 Å². The number of fused-ring (bicyclic) bond motifs is 1. The summed E-state index contributed by atoms with van der Waals surface area (Å²) in [5.41, 5.74) is 2.01. The second kappa shape index (κ2) is 6.54. The van der Waals surface area contributed by atoms with Crippen molar-refractivity contribution in [3.05, 3.63) is 71.0 Å². The Bertz CT molecular complexity index is 787. The first-order valence-corrected chi connectivity index (χ1v) is 7.64. The summed E-state index contributed by atoms with van der Waals surface area (Å²) >= 11 is 0. The Labute approximate surface area is 142 Å². The van der Waals surface area contributed by atoms with E-state index in [1.54, 1.807) is 0 Å². The average molecular weight is 348 g/mol. The monoisotopic (exact) mass is 348 g/mol. The van der Waals surface area contributed by atoms with E-state index in [9.17, 15) is 13.2 Å². The number of hydrogen-bond donors (Lipinski definition) is 2. The Morgan fingerprint density at radius 2 is 2.00 bits per heavy atom. The van der Waals surface area contributed by atoms with E-state index in [0.717, 1.165) is 35.3 Å². The minimum Gasteiger partial charge on any atom is -0.366 e. The highest BCUT2D eigenvalue weighted by atomic mass is 19.4. The third kappa shape index (κ3) is 3.62. The SMILES string of the molecule is NN=NC(=[NH2+])C1=CCC2C(=C1)C=CN2Cc1ccc(C(F)(F)F)cc1. The second-order valence-electron chi connectivity index (χ2n) is 5.84. The number of benzene rings is 1. The van der Waals surface area contributed by atoms with E-state index in [4.69, 9.17) is 11.3 Å². The highest BCUT2D eigenvalue weighted by Crippen LogP contribution is 2.32. The number of alkyl halides is 3. The minimum absolute atomic E-state index is 0.133. The maximum absolute atomic E-state index is 12.6. The van der Waals surface area contributed by atoms with Crippen LogP contribution in [0, 0.1) is 0 Å². The molecule has 1 atom stereocenters. The minimum atomic E-state index is -4.32. The summed E-state index contributed by atoms with van der Waals surface area (Å²) in [7, 11) is 0. The molecule has 3 rings (SSSR count). The van der Waals surface area contributed by atoms with Crippen molar-refractivity contribution < 1.29 is 18.6 Å². The Balaban J connectivity index is 1.69. The lowest BCUT2D eigenvalue weighted by atomic mass is 9.95. The number of nitrogens with zero attached hydrogens (tertiary/aromatic N) is 3. The quantitative estimate of drug-likeness (QED) is 0.289. The van der Waals surface area contributed by atoms with Crippen molar-refractivity contribution in [3.63, 3.8) is 0 Å². The molecule has 1 aromatic carbocycles. The molecule has 0 aromatic heterocycles. The van der Waals surface area contributed by atoms with Gasteiger partial charge in [0.1, 0.15) is 0 Å². The lowest BCUT2D eigenvalue weighted by Crippen LogP contribution is -2.40. The van der Waals surface area contributed by atoms with E-state index in [0.29, 0.717) is 6.54 Å². The van der Waals surface area contributed by atoms with Gasteiger partial charge < -0.3 is 4.90 Å². The maximum Gasteiger partial charge on any atom is 0.416 e. The molecule has 1 unspecified atom stereocenters. The number of rotatable bonds is 3. The zero-order valence-corrected chi connectivity index (χ0v) is 13.2. The molecule has 1 aliphatic carbocycles. The van der Waals surface area contributed by atoms with Gasteiger partial charge in [0.2, 0.25) is 0 Å². The van der Waals surface area contributed by atoms with Crippen LogP contribution in [0.5, 0.6) is 0 Å². The fraction of sp³-hybridized carbons (Fsp3) is 0.235. The molecular formula is C17H17F3N5+. The molecule has 2 aliphatic rings. The van der Waals surface area contributed by atoms with Gasteiger partial charge in [-0.05, 0) is 41.8 Å². The lowest BCUT2D eigenvalue weighted by Gasteiger charge is -2.28. The molecule has 0 saturated carbocycles. The van der Waals surface area contributed by atoms with Crippen LogP contribution in [0.25, 0.3) is 0 Å². The first kappa shape index (κ1) is 16.9. The van der Waals surface area contributed by atoms with E-state index < -0.39 is 11.7 Å². The van der Waals surface area contributed by atoms with Gasteiger partial charge in [0, 0.05) is 18.0 Å². The predicted octanol–water partition coefficient (Wildman–Crippen LogP) is 2.14. The summed E-state index contributed by atoms with van der Waals surface area (Å²) in [6, 6.07) is 5.37. The van der Waals surface area contributed by atoms with Crippen LogP contribution >= 0.6 is 0 Å². The van der Waals surface area contributed by atoms with Gasteiger partial charge in [0.15, 0.2) is 0 Å². The van der Waals surface area contributed by atoms with Gasteiger partial charge in [-0.15, -0.1) is 0 Å². The van der Waals surface area contributed by atoms with E-state index in [2.05, 4.69) is 15.2 Å². The van der Waals surface area contributed by atoms with Crippen LogP contribution in [-0.4, -0.2) is 16.8 Å². The van der Waals surface area contributed by atoms with Crippen molar-refractivity contribution in [1.82, 2.24) is 4.90 Å². The van der Waals surface area contributed by atoms with Crippen LogP contribution in [0.4, 0.5) is 13.2 Å². The first-order chi connectivity index (χ1) is 11.9. The summed E-state index contributed by atoms with van der Waals surface area (Å²) in [5, 5.41) is 12.6. The zero-order chi connectivity index (χ0) is 18.0. The molecule has 25 heavy (non-hydrogen) atoms. The molecule has 0 fully saturated rings. The molecule has 130 valence electrons. The maximum atomic E-state index is 12.6. The molecule has 0 amide bonds. The predicted molar refractivity (Wildman–Crippen MR) is 86.7 cm³/mol. The Morgan fingerprint density at radius 3 is 2.64 bits per heavy atom. The van der Waals surface area contributed by atoms with Crippen molar-refractivity contribution in [2.75, 3.05) is 0 Å². The molecule has 0 radical (unpaired) electrons. The zero-order valence-electron chi connectivity index (χ0n) is 13.2. The highest BCUT2D eigenvalue weighted by molar-refractivity contribution is 5.97. The largest absolute Gasteiger partial charge is 0.416 e. The Kier molecular flexibility index (Phi) is 4.43. The van der Waals surface area contributed by atoms with Crippen molar-refractivity contribution in [1.29, 1.82) is 0 Å². The summed E-state index contributed by atoms with van der Waals surface area (Å²) in [4.78, 5) is 2.09. The van der Waals surface area contributed by atoms with Crippen LogP contribution in [0.2, 0.25) is 0 Å². The molecule has 0 saturated heterocycles. The number of halogens is 3. The van der Waals surface area contributed by atoms with Crippen LogP contribution in [0.3, 0.4) is 0 Å². The molecule has 4 N–H and O–H groups in total. The lowest BCUT2D eigenvalue weighted by molar-refractivity contribution is -0.137. The molecule has 0 spiro atoms. The topological polar surface area (TPSA) is 79.6 Å². The average Bonchev–Trinajstić information content (AvgIpc) is 2.97. The third-order valence-corrected chi connectivity index (χ3v) is 4.23. The fourth-order valence-corrected chi connectivity index (χ4v) is 2.95. The van der Waals surface area contributed by atoms with Gasteiger partial charge >= 0.3 is 12.0 Å². The molecule has 1 heterocycles. The molecular weight excluding hydrogens is 331 g/mol. The van der Waals surface area contributed by atoms with Crippen LogP contribution in [0.1, 0.15) is 17.5 Å². The van der Waals surface area contributed by atoms with E-state index in [-0.39, 0.29) is 11.9 Å². The molecule has 0 bridgehead atoms. The van der Waals surface area contributed by atoms with Gasteiger partial charge in [-0.25, -0.2) is 0 Å². The van der Waals surface area contributed by atoms with Crippen molar-refractivity contribution in [2.45, 2.75) is 25.2 Å². The van der Waals surface area contributed by atoms with Crippen LogP contribution in [0.15, 0.2) is 70.2 Å². The van der Waals surface area contributed by atoms with Crippen molar-refractivity contribution in [3.8, 4) is 0 Å². The third-order valence-electron chi connectivity index (χ3n) is 4.23. The summed E-state index contributed by atoms with van der Waals surface area (Å²) in [6.45, 7) is 0.529. The van der Waals surface area contributed by atoms with Crippen molar-refractivity contribution >= 4 is 5.84 Å². The number of amidine groups is 1. The summed E-state index contributed by atoms with van der Waals surface area (Å²) < 4.78 is 37.9. The number of hydrogen-bond acceptors (Lipinski definition) is 2. The summed E-state index contributed by atoms with van der Waals surface area (Å²) in [6.07, 6.45) is 4.17. The standard InChI is InChI=1S/C17H16F3N5/c18-17(19,20)14-4-1-11(2-5-14)10-25-8-7-12-9-13(3-6-15(12)25)16(21)23-24-22/h1-5,7-9,15H,6,10H2,(H3,21,22,23)/p+1. The fourth-order valence-electron chi connectivity index (χ4n) is 2.95. The van der Waals surface area contributed by atoms with Crippen LogP contribution < -0.4 is 11.3 Å². The highest BCUT2D eigenvalue weighted by Gasteiger charge is 2.31. The van der Waals surface area contributed by atoms with Crippen LogP contribution in [-0.2, 0) is 12.7 Å². The molecule has 1 aliphatic heterocycles. The van der Waals surface area contributed by atoms with Gasteiger partial charge in [-0.3, -0.25) is 11.3 Å².